The standard InChI is InChI=1S/C24H26N6O2S/c1-14(24(2,3)4)29-22(31)16-12-26-21-20(16)30-17(13-27-21)18-5-6-19(33-18)23(32)28-11-15-7-9-25-10-8-15/h5-10,12-14H,11H2,1-4H3,(H,26,27)(H,28,32)(H,29,31)/t14-/m0/s1. The Balaban J connectivity index is 1.52. The van der Waals surface area contributed by atoms with Crippen molar-refractivity contribution in [3.05, 3.63) is 65.1 Å². The Morgan fingerprint density at radius 2 is 1.88 bits per heavy atom. The molecular formula is C24H26N6O2S. The molecule has 8 nitrogen and oxygen atoms in total. The van der Waals surface area contributed by atoms with Crippen molar-refractivity contribution in [2.45, 2.75) is 40.3 Å². The first-order valence-corrected chi connectivity index (χ1v) is 11.5. The molecule has 4 rings (SSSR count). The number of nitrogens with one attached hydrogen (secondary N) is 3. The fourth-order valence-electron chi connectivity index (χ4n) is 3.04. The molecule has 0 radical (unpaired) electrons. The Kier molecular flexibility index (Phi) is 6.24. The van der Waals surface area contributed by atoms with E-state index in [0.717, 1.165) is 10.4 Å². The van der Waals surface area contributed by atoms with Crippen LogP contribution in [0.2, 0.25) is 0 Å². The van der Waals surface area contributed by atoms with Crippen LogP contribution in [0.5, 0.6) is 0 Å². The largest absolute Gasteiger partial charge is 0.349 e. The number of amides is 2. The van der Waals surface area contributed by atoms with E-state index in [1.165, 1.54) is 11.3 Å². The maximum atomic E-state index is 12.9. The molecule has 0 saturated heterocycles. The van der Waals surface area contributed by atoms with Gasteiger partial charge in [-0.05, 0) is 42.2 Å². The molecule has 0 aromatic carbocycles. The van der Waals surface area contributed by atoms with Gasteiger partial charge in [-0.25, -0.2) is 9.97 Å². The van der Waals surface area contributed by atoms with Crippen LogP contribution in [0.15, 0.2) is 49.1 Å². The van der Waals surface area contributed by atoms with Crippen molar-refractivity contribution in [2.24, 2.45) is 5.41 Å². The summed E-state index contributed by atoms with van der Waals surface area (Å²) in [5.41, 5.74) is 3.01. The van der Waals surface area contributed by atoms with Gasteiger partial charge in [-0.1, -0.05) is 20.8 Å². The molecule has 33 heavy (non-hydrogen) atoms. The first-order valence-electron chi connectivity index (χ1n) is 10.6. The summed E-state index contributed by atoms with van der Waals surface area (Å²) in [7, 11) is 0. The summed E-state index contributed by atoms with van der Waals surface area (Å²) in [5, 5.41) is 5.95. The smallest absolute Gasteiger partial charge is 0.261 e. The molecule has 4 heterocycles. The molecule has 0 bridgehead atoms. The van der Waals surface area contributed by atoms with Gasteiger partial charge < -0.3 is 15.6 Å². The lowest BCUT2D eigenvalue weighted by molar-refractivity contribution is 0.0910. The van der Waals surface area contributed by atoms with Crippen molar-refractivity contribution in [3.8, 4) is 10.6 Å². The fraction of sp³-hybridized carbons (Fsp3) is 0.292. The number of hydrogen-bond acceptors (Lipinski definition) is 6. The van der Waals surface area contributed by atoms with Gasteiger partial charge in [0.15, 0.2) is 5.65 Å². The Bertz CT molecular complexity index is 1290. The molecule has 0 spiro atoms. The number of aromatic nitrogens is 4. The second-order valence-corrected chi connectivity index (χ2v) is 10.0. The summed E-state index contributed by atoms with van der Waals surface area (Å²) < 4.78 is 0. The van der Waals surface area contributed by atoms with Gasteiger partial charge in [0.1, 0.15) is 5.52 Å². The lowest BCUT2D eigenvalue weighted by Crippen LogP contribution is -2.41. The molecule has 3 N–H and O–H groups in total. The quantitative estimate of drug-likeness (QED) is 0.398. The maximum absolute atomic E-state index is 12.9. The number of aromatic amines is 1. The summed E-state index contributed by atoms with van der Waals surface area (Å²) in [5.74, 6) is -0.354. The van der Waals surface area contributed by atoms with Gasteiger partial charge in [0, 0.05) is 31.2 Å². The highest BCUT2D eigenvalue weighted by Crippen LogP contribution is 2.28. The third kappa shape index (κ3) is 5.09. The zero-order chi connectivity index (χ0) is 23.6. The lowest BCUT2D eigenvalue weighted by atomic mass is 9.88. The summed E-state index contributed by atoms with van der Waals surface area (Å²) in [6.45, 7) is 8.64. The normalized spacial score (nSPS) is 12.5. The van der Waals surface area contributed by atoms with Crippen LogP contribution in [0, 0.1) is 5.41 Å². The molecule has 9 heteroatoms. The van der Waals surface area contributed by atoms with Crippen molar-refractivity contribution in [1.29, 1.82) is 0 Å². The van der Waals surface area contributed by atoms with Crippen molar-refractivity contribution < 1.29 is 9.59 Å². The van der Waals surface area contributed by atoms with Crippen LogP contribution < -0.4 is 10.6 Å². The van der Waals surface area contributed by atoms with E-state index >= 15 is 0 Å². The molecular weight excluding hydrogens is 436 g/mol. The lowest BCUT2D eigenvalue weighted by Gasteiger charge is -2.27. The van der Waals surface area contributed by atoms with E-state index in [4.69, 9.17) is 0 Å². The Labute approximate surface area is 195 Å². The summed E-state index contributed by atoms with van der Waals surface area (Å²) >= 11 is 1.33. The third-order valence-corrected chi connectivity index (χ3v) is 6.66. The van der Waals surface area contributed by atoms with Crippen LogP contribution in [0.1, 0.15) is 53.3 Å². The van der Waals surface area contributed by atoms with Crippen molar-refractivity contribution in [2.75, 3.05) is 0 Å². The van der Waals surface area contributed by atoms with E-state index in [9.17, 15) is 9.59 Å². The van der Waals surface area contributed by atoms with E-state index < -0.39 is 0 Å². The van der Waals surface area contributed by atoms with Crippen LogP contribution in [0.25, 0.3) is 21.7 Å². The Hall–Kier alpha value is -3.59. The van der Waals surface area contributed by atoms with Gasteiger partial charge in [-0.2, -0.15) is 0 Å². The Morgan fingerprint density at radius 1 is 1.12 bits per heavy atom. The molecule has 0 unspecified atom stereocenters. The van der Waals surface area contributed by atoms with Crippen LogP contribution in [0.3, 0.4) is 0 Å². The highest BCUT2D eigenvalue weighted by molar-refractivity contribution is 7.17. The molecule has 0 aliphatic rings. The van der Waals surface area contributed by atoms with E-state index in [2.05, 4.69) is 51.3 Å². The number of nitrogens with zero attached hydrogens (tertiary/aromatic N) is 3. The van der Waals surface area contributed by atoms with E-state index in [0.29, 0.717) is 33.8 Å². The second kappa shape index (κ2) is 9.11. The highest BCUT2D eigenvalue weighted by atomic mass is 32.1. The van der Waals surface area contributed by atoms with Gasteiger partial charge in [0.05, 0.1) is 27.2 Å². The Morgan fingerprint density at radius 3 is 2.61 bits per heavy atom. The number of H-pyrrole nitrogens is 1. The highest BCUT2D eigenvalue weighted by Gasteiger charge is 2.24. The first-order chi connectivity index (χ1) is 15.7. The molecule has 0 aliphatic carbocycles. The van der Waals surface area contributed by atoms with Gasteiger partial charge in [0.2, 0.25) is 0 Å². The number of hydrogen-bond donors (Lipinski definition) is 3. The predicted molar refractivity (Wildman–Crippen MR) is 129 cm³/mol. The molecule has 1 atom stereocenters. The molecule has 0 fully saturated rings. The molecule has 4 aromatic heterocycles. The van der Waals surface area contributed by atoms with Gasteiger partial charge in [-0.15, -0.1) is 11.3 Å². The third-order valence-electron chi connectivity index (χ3n) is 5.56. The average Bonchev–Trinajstić information content (AvgIpc) is 3.44. The molecule has 0 aliphatic heterocycles. The SMILES string of the molecule is C[C@H](NC(=O)c1c[nH]c2ncc(-c3ccc(C(=O)NCc4ccncc4)s3)nc12)C(C)(C)C. The first kappa shape index (κ1) is 22.6. The monoisotopic (exact) mass is 462 g/mol. The predicted octanol–water partition coefficient (Wildman–Crippen LogP) is 4.18. The number of pyridine rings is 1. The number of carbonyl (C=O) groups is 2. The minimum atomic E-state index is -0.197. The van der Waals surface area contributed by atoms with Gasteiger partial charge in [-0.3, -0.25) is 14.6 Å². The average molecular weight is 463 g/mol. The zero-order valence-electron chi connectivity index (χ0n) is 19.0. The van der Waals surface area contributed by atoms with Crippen molar-refractivity contribution in [3.63, 3.8) is 0 Å². The van der Waals surface area contributed by atoms with Crippen molar-refractivity contribution >= 4 is 34.3 Å². The molecule has 4 aromatic rings. The van der Waals surface area contributed by atoms with E-state index in [-0.39, 0.29) is 23.3 Å². The number of rotatable bonds is 6. The maximum Gasteiger partial charge on any atom is 0.261 e. The van der Waals surface area contributed by atoms with E-state index in [1.54, 1.807) is 30.9 Å². The van der Waals surface area contributed by atoms with Gasteiger partial charge in [0.25, 0.3) is 11.8 Å². The minimum absolute atomic E-state index is 0.0170. The summed E-state index contributed by atoms with van der Waals surface area (Å²) in [6.07, 6.45) is 6.66. The van der Waals surface area contributed by atoms with Crippen LogP contribution >= 0.6 is 11.3 Å². The number of carbonyl (C=O) groups excluding carboxylic acids is 2. The summed E-state index contributed by atoms with van der Waals surface area (Å²) in [4.78, 5) is 42.9. The van der Waals surface area contributed by atoms with E-state index in [1.807, 2.05) is 25.1 Å². The molecule has 170 valence electrons. The molecule has 0 saturated carbocycles. The van der Waals surface area contributed by atoms with Crippen LogP contribution in [0.4, 0.5) is 0 Å². The fourth-order valence-corrected chi connectivity index (χ4v) is 3.92. The van der Waals surface area contributed by atoms with Crippen molar-refractivity contribution in [1.82, 2.24) is 30.6 Å². The van der Waals surface area contributed by atoms with Crippen LogP contribution in [-0.4, -0.2) is 37.8 Å². The minimum Gasteiger partial charge on any atom is -0.349 e. The van der Waals surface area contributed by atoms with Crippen LogP contribution in [-0.2, 0) is 6.54 Å². The topological polar surface area (TPSA) is 113 Å². The number of thiophene rings is 1. The second-order valence-electron chi connectivity index (χ2n) is 8.92. The molecule has 2 amide bonds. The summed E-state index contributed by atoms with van der Waals surface area (Å²) in [6, 6.07) is 7.31. The zero-order valence-corrected chi connectivity index (χ0v) is 19.8. The number of fused-ring (bicyclic) bond motifs is 1. The van der Waals surface area contributed by atoms with Gasteiger partial charge >= 0.3 is 0 Å².